The lowest BCUT2D eigenvalue weighted by atomic mass is 9.89. The van der Waals surface area contributed by atoms with E-state index in [1.165, 1.54) is 5.56 Å². The van der Waals surface area contributed by atoms with E-state index < -0.39 is 0 Å². The molecule has 0 fully saturated rings. The Morgan fingerprint density at radius 2 is 1.83 bits per heavy atom. The molecule has 1 aromatic rings. The molecule has 0 aliphatic carbocycles. The first-order valence-electron chi connectivity index (χ1n) is 6.97. The van der Waals surface area contributed by atoms with Gasteiger partial charge in [0.25, 0.3) is 0 Å². The first-order chi connectivity index (χ1) is 8.49. The van der Waals surface area contributed by atoms with Crippen LogP contribution in [0.15, 0.2) is 24.3 Å². The molecular formula is C16H27NO. The van der Waals surface area contributed by atoms with Gasteiger partial charge in [-0.3, -0.25) is 0 Å². The number of benzene rings is 1. The highest BCUT2D eigenvalue weighted by molar-refractivity contribution is 5.27. The molecule has 1 rings (SSSR count). The van der Waals surface area contributed by atoms with Gasteiger partial charge in [0.2, 0.25) is 0 Å². The molecule has 2 N–H and O–H groups in total. The molecule has 0 amide bonds. The first kappa shape index (κ1) is 15.0. The molecule has 0 aliphatic heterocycles. The second-order valence-corrected chi connectivity index (χ2v) is 5.93. The number of phenols is 1. The maximum Gasteiger partial charge on any atom is 0.115 e. The van der Waals surface area contributed by atoms with E-state index in [1.54, 1.807) is 6.07 Å². The van der Waals surface area contributed by atoms with Gasteiger partial charge in [0.05, 0.1) is 0 Å². The molecule has 0 saturated carbocycles. The largest absolute Gasteiger partial charge is 0.508 e. The number of hydrogen-bond acceptors (Lipinski definition) is 2. The SMILES string of the molecule is CC(C)CNCC(Cc1cccc(O)c1)C(C)C. The van der Waals surface area contributed by atoms with Gasteiger partial charge in [0, 0.05) is 0 Å². The molecule has 0 radical (unpaired) electrons. The average Bonchev–Trinajstić information content (AvgIpc) is 2.27. The van der Waals surface area contributed by atoms with Crippen LogP contribution in [0, 0.1) is 17.8 Å². The zero-order valence-electron chi connectivity index (χ0n) is 12.1. The molecule has 1 unspecified atom stereocenters. The highest BCUT2D eigenvalue weighted by Crippen LogP contribution is 2.19. The fourth-order valence-corrected chi connectivity index (χ4v) is 2.09. The van der Waals surface area contributed by atoms with Gasteiger partial charge in [0.15, 0.2) is 0 Å². The quantitative estimate of drug-likeness (QED) is 0.775. The Hall–Kier alpha value is -1.02. The molecule has 0 saturated heterocycles. The Balaban J connectivity index is 2.52. The molecule has 1 atom stereocenters. The predicted molar refractivity (Wildman–Crippen MR) is 77.8 cm³/mol. The third kappa shape index (κ3) is 5.54. The zero-order valence-corrected chi connectivity index (χ0v) is 12.1. The van der Waals surface area contributed by atoms with Gasteiger partial charge < -0.3 is 10.4 Å². The van der Waals surface area contributed by atoms with E-state index in [9.17, 15) is 5.11 Å². The Labute approximate surface area is 111 Å². The van der Waals surface area contributed by atoms with Crippen molar-refractivity contribution in [3.8, 4) is 5.75 Å². The van der Waals surface area contributed by atoms with Crippen molar-refractivity contribution >= 4 is 0 Å². The first-order valence-corrected chi connectivity index (χ1v) is 6.97. The summed E-state index contributed by atoms with van der Waals surface area (Å²) in [6, 6.07) is 7.61. The van der Waals surface area contributed by atoms with Crippen molar-refractivity contribution < 1.29 is 5.11 Å². The number of rotatable bonds is 7. The third-order valence-electron chi connectivity index (χ3n) is 3.31. The second kappa shape index (κ2) is 7.42. The Morgan fingerprint density at radius 3 is 2.39 bits per heavy atom. The third-order valence-corrected chi connectivity index (χ3v) is 3.31. The molecule has 0 heterocycles. The molecule has 0 spiro atoms. The molecule has 2 nitrogen and oxygen atoms in total. The minimum atomic E-state index is 0.366. The van der Waals surface area contributed by atoms with Crippen LogP contribution in [0.2, 0.25) is 0 Å². The summed E-state index contributed by atoms with van der Waals surface area (Å²) in [5.74, 6) is 2.32. The molecule has 0 aromatic heterocycles. The zero-order chi connectivity index (χ0) is 13.5. The number of hydrogen-bond donors (Lipinski definition) is 2. The number of nitrogens with one attached hydrogen (secondary N) is 1. The fourth-order valence-electron chi connectivity index (χ4n) is 2.09. The number of aromatic hydroxyl groups is 1. The lowest BCUT2D eigenvalue weighted by Gasteiger charge is -2.22. The van der Waals surface area contributed by atoms with Crippen molar-refractivity contribution in [1.29, 1.82) is 0 Å². The van der Waals surface area contributed by atoms with Crippen molar-refractivity contribution in [2.24, 2.45) is 17.8 Å². The summed E-state index contributed by atoms with van der Waals surface area (Å²) < 4.78 is 0. The van der Waals surface area contributed by atoms with Crippen LogP contribution in [-0.4, -0.2) is 18.2 Å². The maximum atomic E-state index is 9.50. The van der Waals surface area contributed by atoms with Crippen molar-refractivity contribution in [2.75, 3.05) is 13.1 Å². The van der Waals surface area contributed by atoms with Crippen LogP contribution in [0.5, 0.6) is 5.75 Å². The van der Waals surface area contributed by atoms with E-state index in [0.29, 0.717) is 23.5 Å². The highest BCUT2D eigenvalue weighted by atomic mass is 16.3. The van der Waals surface area contributed by atoms with E-state index in [-0.39, 0.29) is 0 Å². The molecule has 0 bridgehead atoms. The van der Waals surface area contributed by atoms with Crippen LogP contribution in [0.4, 0.5) is 0 Å². The van der Waals surface area contributed by atoms with Crippen LogP contribution < -0.4 is 5.32 Å². The van der Waals surface area contributed by atoms with E-state index in [4.69, 9.17) is 0 Å². The average molecular weight is 249 g/mol. The van der Waals surface area contributed by atoms with Crippen LogP contribution in [0.1, 0.15) is 33.3 Å². The summed E-state index contributed by atoms with van der Waals surface area (Å²) in [7, 11) is 0. The lowest BCUT2D eigenvalue weighted by Crippen LogP contribution is -2.30. The fraction of sp³-hybridized carbons (Fsp3) is 0.625. The highest BCUT2D eigenvalue weighted by Gasteiger charge is 2.14. The van der Waals surface area contributed by atoms with Gasteiger partial charge in [-0.25, -0.2) is 0 Å². The van der Waals surface area contributed by atoms with Gasteiger partial charge in [0.1, 0.15) is 5.75 Å². The van der Waals surface area contributed by atoms with Crippen LogP contribution >= 0.6 is 0 Å². The minimum Gasteiger partial charge on any atom is -0.508 e. The Morgan fingerprint density at radius 1 is 1.11 bits per heavy atom. The van der Waals surface area contributed by atoms with E-state index >= 15 is 0 Å². The second-order valence-electron chi connectivity index (χ2n) is 5.93. The summed E-state index contributed by atoms with van der Waals surface area (Å²) in [5.41, 5.74) is 1.22. The normalized spacial score (nSPS) is 13.2. The summed E-state index contributed by atoms with van der Waals surface area (Å²) in [4.78, 5) is 0. The van der Waals surface area contributed by atoms with E-state index in [0.717, 1.165) is 19.5 Å². The van der Waals surface area contributed by atoms with Crippen molar-refractivity contribution in [1.82, 2.24) is 5.32 Å². The standard InChI is InChI=1S/C16H27NO/c1-12(2)10-17-11-15(13(3)4)8-14-6-5-7-16(18)9-14/h5-7,9,12-13,15,17-18H,8,10-11H2,1-4H3. The van der Waals surface area contributed by atoms with Crippen LogP contribution in [0.3, 0.4) is 0 Å². The Kier molecular flexibility index (Phi) is 6.20. The smallest absolute Gasteiger partial charge is 0.115 e. The van der Waals surface area contributed by atoms with Gasteiger partial charge in [-0.15, -0.1) is 0 Å². The van der Waals surface area contributed by atoms with Gasteiger partial charge in [-0.05, 0) is 55.0 Å². The van der Waals surface area contributed by atoms with Crippen molar-refractivity contribution in [3.63, 3.8) is 0 Å². The molecule has 2 heteroatoms. The van der Waals surface area contributed by atoms with Gasteiger partial charge >= 0.3 is 0 Å². The molecule has 1 aromatic carbocycles. The topological polar surface area (TPSA) is 32.3 Å². The molecule has 18 heavy (non-hydrogen) atoms. The molecular weight excluding hydrogens is 222 g/mol. The lowest BCUT2D eigenvalue weighted by molar-refractivity contribution is 0.352. The minimum absolute atomic E-state index is 0.366. The molecule has 0 aliphatic rings. The summed E-state index contributed by atoms with van der Waals surface area (Å²) in [6.45, 7) is 11.1. The number of phenolic OH excluding ortho intramolecular Hbond substituents is 1. The maximum absolute atomic E-state index is 9.50. The van der Waals surface area contributed by atoms with E-state index in [1.807, 2.05) is 12.1 Å². The summed E-state index contributed by atoms with van der Waals surface area (Å²) in [6.07, 6.45) is 1.02. The van der Waals surface area contributed by atoms with Crippen molar-refractivity contribution in [2.45, 2.75) is 34.1 Å². The van der Waals surface area contributed by atoms with Crippen LogP contribution in [-0.2, 0) is 6.42 Å². The predicted octanol–water partition coefficient (Wildman–Crippen LogP) is 3.45. The van der Waals surface area contributed by atoms with E-state index in [2.05, 4.69) is 39.1 Å². The molecule has 102 valence electrons. The van der Waals surface area contributed by atoms with Crippen molar-refractivity contribution in [3.05, 3.63) is 29.8 Å². The summed E-state index contributed by atoms with van der Waals surface area (Å²) >= 11 is 0. The van der Waals surface area contributed by atoms with Gasteiger partial charge in [-0.2, -0.15) is 0 Å². The van der Waals surface area contributed by atoms with Crippen LogP contribution in [0.25, 0.3) is 0 Å². The van der Waals surface area contributed by atoms with Gasteiger partial charge in [-0.1, -0.05) is 39.8 Å². The Bertz CT molecular complexity index is 347. The monoisotopic (exact) mass is 249 g/mol. The summed E-state index contributed by atoms with van der Waals surface area (Å²) in [5, 5.41) is 13.0.